The number of likely N-dealkylation sites (tertiary alicyclic amines) is 2. The van der Waals surface area contributed by atoms with E-state index in [0.717, 1.165) is 74.9 Å². The summed E-state index contributed by atoms with van der Waals surface area (Å²) in [5.74, 6) is 0.684. The van der Waals surface area contributed by atoms with Crippen molar-refractivity contribution in [1.82, 2.24) is 20.1 Å². The van der Waals surface area contributed by atoms with E-state index in [1.807, 2.05) is 35.2 Å². The number of benzene rings is 1. The number of hydrogen-bond acceptors (Lipinski definition) is 4. The topological polar surface area (TPSA) is 65.5 Å². The second-order valence-electron chi connectivity index (χ2n) is 10.1. The predicted molar refractivity (Wildman–Crippen MR) is 149 cm³/mol. The molecule has 3 aliphatic rings. The molecule has 1 aromatic heterocycles. The average Bonchev–Trinajstić information content (AvgIpc) is 3.68. The van der Waals surface area contributed by atoms with E-state index in [4.69, 9.17) is 0 Å². The van der Waals surface area contributed by atoms with Crippen LogP contribution in [-0.2, 0) is 16.1 Å². The van der Waals surface area contributed by atoms with Crippen LogP contribution in [0.15, 0.2) is 53.1 Å². The molecule has 6 nitrogen and oxygen atoms in total. The summed E-state index contributed by atoms with van der Waals surface area (Å²) >= 11 is 3.48. The Morgan fingerprint density at radius 1 is 1.06 bits per heavy atom. The van der Waals surface area contributed by atoms with Gasteiger partial charge in [0.05, 0.1) is 17.2 Å². The lowest BCUT2D eigenvalue weighted by Gasteiger charge is -2.38. The van der Waals surface area contributed by atoms with Gasteiger partial charge in [-0.25, -0.2) is 0 Å². The van der Waals surface area contributed by atoms with Crippen molar-refractivity contribution in [3.8, 4) is 0 Å². The lowest BCUT2D eigenvalue weighted by atomic mass is 9.77. The maximum Gasteiger partial charge on any atom is 0.229 e. The van der Waals surface area contributed by atoms with Crippen molar-refractivity contribution in [3.63, 3.8) is 0 Å². The molecule has 0 bridgehead atoms. The van der Waals surface area contributed by atoms with Crippen LogP contribution in [-0.4, -0.2) is 52.8 Å². The van der Waals surface area contributed by atoms with Gasteiger partial charge in [-0.15, -0.1) is 24.8 Å². The molecule has 2 saturated heterocycles. The summed E-state index contributed by atoms with van der Waals surface area (Å²) in [7, 11) is 0. The zero-order valence-electron chi connectivity index (χ0n) is 20.4. The Bertz CT molecular complexity index is 1010. The number of carbonyl (C=O) groups is 2. The first-order valence-electron chi connectivity index (χ1n) is 12.5. The van der Waals surface area contributed by atoms with E-state index >= 15 is 0 Å². The Kier molecular flexibility index (Phi) is 10.2. The first kappa shape index (κ1) is 28.9. The van der Waals surface area contributed by atoms with Crippen molar-refractivity contribution in [1.29, 1.82) is 0 Å². The van der Waals surface area contributed by atoms with Crippen molar-refractivity contribution < 1.29 is 9.59 Å². The van der Waals surface area contributed by atoms with E-state index in [0.29, 0.717) is 12.5 Å². The minimum Gasteiger partial charge on any atom is -0.347 e. The Morgan fingerprint density at radius 3 is 2.39 bits per heavy atom. The van der Waals surface area contributed by atoms with Crippen LogP contribution >= 0.6 is 40.7 Å². The number of nitrogens with zero attached hydrogens (tertiary/aromatic N) is 3. The van der Waals surface area contributed by atoms with Gasteiger partial charge >= 0.3 is 0 Å². The van der Waals surface area contributed by atoms with E-state index in [2.05, 4.69) is 43.3 Å². The zero-order chi connectivity index (χ0) is 23.5. The van der Waals surface area contributed by atoms with Gasteiger partial charge < -0.3 is 15.1 Å². The van der Waals surface area contributed by atoms with E-state index in [1.165, 1.54) is 5.56 Å². The highest BCUT2D eigenvalue weighted by molar-refractivity contribution is 9.10. The van der Waals surface area contributed by atoms with Crippen molar-refractivity contribution in [2.45, 2.75) is 51.1 Å². The number of nitrogens with one attached hydrogen (secondary N) is 1. The SMILES string of the molecule is Cl.Cl.O=C(NC(CCN1CCC2(CC1)CCN(Cc1ccc(Br)cc1)C2=O)c1ccccn1)C1CC1. The fourth-order valence-electron chi connectivity index (χ4n) is 5.35. The number of halogens is 3. The molecule has 1 spiro atoms. The Hall–Kier alpha value is -1.67. The fourth-order valence-corrected chi connectivity index (χ4v) is 5.61. The van der Waals surface area contributed by atoms with Crippen LogP contribution in [0.25, 0.3) is 0 Å². The monoisotopic (exact) mass is 596 g/mol. The molecule has 5 rings (SSSR count). The number of aromatic nitrogens is 1. The fraction of sp³-hybridized carbons (Fsp3) is 0.519. The molecule has 1 atom stereocenters. The van der Waals surface area contributed by atoms with Gasteiger partial charge in [0.2, 0.25) is 11.8 Å². The third-order valence-corrected chi connectivity index (χ3v) is 8.27. The molecule has 2 aliphatic heterocycles. The van der Waals surface area contributed by atoms with Crippen molar-refractivity contribution in [3.05, 3.63) is 64.4 Å². The van der Waals surface area contributed by atoms with Crippen LogP contribution in [0.1, 0.15) is 55.8 Å². The summed E-state index contributed by atoms with van der Waals surface area (Å²) in [6, 6.07) is 14.1. The number of rotatable bonds is 8. The quantitative estimate of drug-likeness (QED) is 0.456. The third-order valence-electron chi connectivity index (χ3n) is 7.74. The van der Waals surface area contributed by atoms with E-state index < -0.39 is 0 Å². The van der Waals surface area contributed by atoms with Gasteiger partial charge in [0, 0.05) is 36.2 Å². The Balaban J connectivity index is 0.00000180. The number of carbonyl (C=O) groups excluding carboxylic acids is 2. The lowest BCUT2D eigenvalue weighted by molar-refractivity contribution is -0.139. The molecule has 1 aliphatic carbocycles. The van der Waals surface area contributed by atoms with Crippen LogP contribution in [0.2, 0.25) is 0 Å². The smallest absolute Gasteiger partial charge is 0.229 e. The van der Waals surface area contributed by atoms with Crippen molar-refractivity contribution in [2.24, 2.45) is 11.3 Å². The first-order valence-corrected chi connectivity index (χ1v) is 13.3. The van der Waals surface area contributed by atoms with Gasteiger partial charge in [0.25, 0.3) is 0 Å². The molecule has 2 amide bonds. The van der Waals surface area contributed by atoms with Gasteiger partial charge in [0.1, 0.15) is 0 Å². The summed E-state index contributed by atoms with van der Waals surface area (Å²) in [6.45, 7) is 4.32. The van der Waals surface area contributed by atoms with E-state index in [1.54, 1.807) is 6.20 Å². The van der Waals surface area contributed by atoms with Gasteiger partial charge in [0.15, 0.2) is 0 Å². The van der Waals surface area contributed by atoms with Gasteiger partial charge in [-0.3, -0.25) is 14.6 Å². The second kappa shape index (κ2) is 12.7. The highest BCUT2D eigenvalue weighted by Gasteiger charge is 2.47. The Morgan fingerprint density at radius 2 is 1.75 bits per heavy atom. The normalized spacial score (nSPS) is 19.9. The highest BCUT2D eigenvalue weighted by atomic mass is 79.9. The number of pyridine rings is 1. The van der Waals surface area contributed by atoms with Crippen molar-refractivity contribution >= 4 is 52.6 Å². The zero-order valence-corrected chi connectivity index (χ0v) is 23.6. The Labute approximate surface area is 234 Å². The maximum atomic E-state index is 13.3. The van der Waals surface area contributed by atoms with Gasteiger partial charge in [-0.1, -0.05) is 34.1 Å². The molecule has 2 aromatic rings. The van der Waals surface area contributed by atoms with Crippen LogP contribution in [0.3, 0.4) is 0 Å². The first-order chi connectivity index (χ1) is 16.5. The molecule has 3 heterocycles. The van der Waals surface area contributed by atoms with Crippen LogP contribution < -0.4 is 5.32 Å². The molecule has 1 unspecified atom stereocenters. The van der Waals surface area contributed by atoms with Gasteiger partial charge in [-0.2, -0.15) is 0 Å². The van der Waals surface area contributed by atoms with E-state index in [9.17, 15) is 9.59 Å². The van der Waals surface area contributed by atoms with E-state index in [-0.39, 0.29) is 48.1 Å². The molecule has 3 fully saturated rings. The molecule has 1 saturated carbocycles. The number of piperidine rings is 1. The largest absolute Gasteiger partial charge is 0.347 e. The second-order valence-corrected chi connectivity index (χ2v) is 11.0. The van der Waals surface area contributed by atoms with Crippen LogP contribution in [0.4, 0.5) is 0 Å². The minimum atomic E-state index is -0.188. The van der Waals surface area contributed by atoms with Crippen LogP contribution in [0.5, 0.6) is 0 Å². The summed E-state index contributed by atoms with van der Waals surface area (Å²) in [5.41, 5.74) is 1.92. The predicted octanol–water partition coefficient (Wildman–Crippen LogP) is 5.16. The summed E-state index contributed by atoms with van der Waals surface area (Å²) in [6.07, 6.45) is 7.44. The van der Waals surface area contributed by atoms with Gasteiger partial charge in [-0.05, 0) is 81.4 Å². The molecule has 9 heteroatoms. The van der Waals surface area contributed by atoms with Crippen molar-refractivity contribution in [2.75, 3.05) is 26.2 Å². The molecule has 36 heavy (non-hydrogen) atoms. The molecular weight excluding hydrogens is 563 g/mol. The number of hydrogen-bond donors (Lipinski definition) is 1. The highest BCUT2D eigenvalue weighted by Crippen LogP contribution is 2.42. The number of amides is 2. The molecule has 196 valence electrons. The summed E-state index contributed by atoms with van der Waals surface area (Å²) < 4.78 is 1.06. The molecule has 0 radical (unpaired) electrons. The lowest BCUT2D eigenvalue weighted by Crippen LogP contribution is -2.45. The minimum absolute atomic E-state index is 0. The van der Waals surface area contributed by atoms with Crippen LogP contribution in [0, 0.1) is 11.3 Å². The average molecular weight is 598 g/mol. The summed E-state index contributed by atoms with van der Waals surface area (Å²) in [5, 5.41) is 3.23. The third kappa shape index (κ3) is 6.80. The summed E-state index contributed by atoms with van der Waals surface area (Å²) in [4.78, 5) is 34.8. The molecule has 1 N–H and O–H groups in total. The standard InChI is InChI=1S/C27H33BrN4O2.2ClH/c28-22-8-4-20(5-9-22)19-32-18-13-27(26(32)34)11-16-31(17-12-27)15-10-24(23-3-1-2-14-29-23)30-25(33)21-6-7-21;;/h1-5,8-9,14,21,24H,6-7,10-13,15-19H2,(H,30,33);2*1H. The maximum absolute atomic E-state index is 13.3. The molecule has 1 aromatic carbocycles. The molecular formula is C27H35BrCl2N4O2.